The van der Waals surface area contributed by atoms with E-state index in [0.29, 0.717) is 21.7 Å². The molecule has 6 rings (SSSR count). The van der Waals surface area contributed by atoms with Crippen molar-refractivity contribution >= 4 is 50.8 Å². The molecule has 2 aliphatic rings. The molecule has 0 spiro atoms. The summed E-state index contributed by atoms with van der Waals surface area (Å²) in [5, 5.41) is 6.15. The van der Waals surface area contributed by atoms with E-state index in [2.05, 4.69) is 53.2 Å². The Morgan fingerprint density at radius 2 is 1.77 bits per heavy atom. The van der Waals surface area contributed by atoms with Gasteiger partial charge in [0, 0.05) is 21.8 Å². The molecule has 8 heteroatoms. The minimum absolute atomic E-state index is 0.362. The topological polar surface area (TPSA) is 42.6 Å². The molecule has 0 unspecified atom stereocenters. The Labute approximate surface area is 246 Å². The molecule has 0 amide bonds. The van der Waals surface area contributed by atoms with Crippen molar-refractivity contribution in [3.63, 3.8) is 0 Å². The van der Waals surface area contributed by atoms with Gasteiger partial charge in [0.1, 0.15) is 11.4 Å². The summed E-state index contributed by atoms with van der Waals surface area (Å²) in [6.45, 7) is 2.19. The summed E-state index contributed by atoms with van der Waals surface area (Å²) in [6.07, 6.45) is 5.71. The summed E-state index contributed by atoms with van der Waals surface area (Å²) in [7, 11) is 1.68. The first-order valence-electron chi connectivity index (χ1n) is 12.7. The summed E-state index contributed by atoms with van der Waals surface area (Å²) in [5.74, 6) is 2.05. The summed E-state index contributed by atoms with van der Waals surface area (Å²) < 4.78 is 8.69. The first kappa shape index (κ1) is 25.9. The number of para-hydroxylation sites is 1. The van der Waals surface area contributed by atoms with Crippen LogP contribution in [0, 0.1) is 0 Å². The van der Waals surface area contributed by atoms with Crippen molar-refractivity contribution in [2.45, 2.75) is 25.8 Å². The van der Waals surface area contributed by atoms with Gasteiger partial charge in [0.15, 0.2) is 11.7 Å². The molecule has 3 heterocycles. The first-order valence-corrected chi connectivity index (χ1v) is 14.3. The van der Waals surface area contributed by atoms with E-state index >= 15 is 0 Å². The van der Waals surface area contributed by atoms with Crippen molar-refractivity contribution in [3.05, 3.63) is 116 Å². The van der Waals surface area contributed by atoms with Gasteiger partial charge >= 0.3 is 0 Å². The zero-order chi connectivity index (χ0) is 27.1. The molecule has 1 aromatic heterocycles. The average molecular weight is 620 g/mol. The van der Waals surface area contributed by atoms with Crippen molar-refractivity contribution in [2.24, 2.45) is 4.99 Å². The Hall–Kier alpha value is -3.32. The van der Waals surface area contributed by atoms with Gasteiger partial charge in [0.2, 0.25) is 0 Å². The standard InChI is InChI=1S/C31H25BrCl2N4O/c1-3-7-19-10-12-20(13-11-19)28-27-29(24-16-21(32)14-15-26(24)39-2)37-18-22(33)17-25(34)30(37)35-31(27)38(36-28)23-8-5-4-6-9-23/h4-6,8-18,29H,3,7H2,1-2H3/t29-/m1/s1. The Bertz CT molecular complexity index is 1640. The second-order valence-corrected chi connectivity index (χ2v) is 11.2. The second-order valence-electron chi connectivity index (χ2n) is 9.42. The average Bonchev–Trinajstić information content (AvgIpc) is 3.32. The number of methoxy groups -OCH3 is 1. The number of halogens is 3. The predicted molar refractivity (Wildman–Crippen MR) is 162 cm³/mol. The zero-order valence-electron chi connectivity index (χ0n) is 21.4. The van der Waals surface area contributed by atoms with E-state index in [1.807, 2.05) is 58.2 Å². The normalized spacial score (nSPS) is 16.2. The van der Waals surface area contributed by atoms with E-state index in [1.54, 1.807) is 13.2 Å². The Morgan fingerprint density at radius 1 is 1.00 bits per heavy atom. The van der Waals surface area contributed by atoms with Crippen LogP contribution in [-0.2, 0) is 6.42 Å². The number of benzene rings is 3. The van der Waals surface area contributed by atoms with Crippen LogP contribution in [0.3, 0.4) is 0 Å². The molecule has 4 aromatic rings. The zero-order valence-corrected chi connectivity index (χ0v) is 24.5. The molecule has 0 radical (unpaired) electrons. The quantitative estimate of drug-likeness (QED) is 0.216. The second kappa shape index (κ2) is 10.7. The van der Waals surface area contributed by atoms with Gasteiger partial charge in [-0.05, 0) is 48.4 Å². The number of aliphatic imine (C=N–C) groups is 1. The lowest BCUT2D eigenvalue weighted by Gasteiger charge is -2.37. The highest BCUT2D eigenvalue weighted by molar-refractivity contribution is 9.10. The number of fused-ring (bicyclic) bond motifs is 2. The molecular weight excluding hydrogens is 595 g/mol. The van der Waals surface area contributed by atoms with Crippen LogP contribution in [0.25, 0.3) is 16.9 Å². The molecule has 0 saturated heterocycles. The predicted octanol–water partition coefficient (Wildman–Crippen LogP) is 8.91. The van der Waals surface area contributed by atoms with E-state index in [-0.39, 0.29) is 6.04 Å². The lowest BCUT2D eigenvalue weighted by atomic mass is 9.91. The summed E-state index contributed by atoms with van der Waals surface area (Å²) >= 11 is 17.0. The minimum Gasteiger partial charge on any atom is -0.496 e. The number of hydrogen-bond acceptors (Lipinski definition) is 4. The van der Waals surface area contributed by atoms with E-state index < -0.39 is 0 Å². The van der Waals surface area contributed by atoms with Crippen LogP contribution in [0.4, 0.5) is 5.82 Å². The van der Waals surface area contributed by atoms with Gasteiger partial charge < -0.3 is 9.64 Å². The maximum Gasteiger partial charge on any atom is 0.164 e. The van der Waals surface area contributed by atoms with Gasteiger partial charge in [-0.15, -0.1) is 0 Å². The summed E-state index contributed by atoms with van der Waals surface area (Å²) in [6, 6.07) is 24.3. The van der Waals surface area contributed by atoms with Crippen LogP contribution in [0.15, 0.2) is 105 Å². The molecule has 0 N–H and O–H groups in total. The van der Waals surface area contributed by atoms with Crippen molar-refractivity contribution in [1.82, 2.24) is 14.7 Å². The fraction of sp³-hybridized carbons (Fsp3) is 0.161. The van der Waals surface area contributed by atoms with Crippen molar-refractivity contribution in [1.29, 1.82) is 0 Å². The van der Waals surface area contributed by atoms with Crippen molar-refractivity contribution in [2.75, 3.05) is 7.11 Å². The van der Waals surface area contributed by atoms with Crippen LogP contribution in [-0.4, -0.2) is 27.6 Å². The molecule has 1 atom stereocenters. The van der Waals surface area contributed by atoms with Crippen LogP contribution >= 0.6 is 39.1 Å². The van der Waals surface area contributed by atoms with Crippen LogP contribution in [0.5, 0.6) is 5.75 Å². The number of hydrogen-bond donors (Lipinski definition) is 0. The van der Waals surface area contributed by atoms with Gasteiger partial charge in [0.05, 0.1) is 34.5 Å². The Morgan fingerprint density at radius 3 is 2.49 bits per heavy atom. The summed E-state index contributed by atoms with van der Waals surface area (Å²) in [4.78, 5) is 7.11. The first-order chi connectivity index (χ1) is 19.0. The molecule has 0 saturated carbocycles. The number of nitrogens with zero attached hydrogens (tertiary/aromatic N) is 4. The summed E-state index contributed by atoms with van der Waals surface area (Å²) in [5.41, 5.74) is 5.92. The number of amidine groups is 1. The molecule has 2 aliphatic heterocycles. The third-order valence-corrected chi connectivity index (χ3v) is 7.88. The maximum absolute atomic E-state index is 6.77. The highest BCUT2D eigenvalue weighted by Gasteiger charge is 2.40. The lowest BCUT2D eigenvalue weighted by molar-refractivity contribution is 0.388. The van der Waals surface area contributed by atoms with E-state index in [4.69, 9.17) is 38.0 Å². The van der Waals surface area contributed by atoms with Crippen LogP contribution in [0.1, 0.15) is 36.1 Å². The van der Waals surface area contributed by atoms with Gasteiger partial charge in [-0.1, -0.05) is 94.9 Å². The van der Waals surface area contributed by atoms with Gasteiger partial charge in [-0.2, -0.15) is 5.10 Å². The van der Waals surface area contributed by atoms with Gasteiger partial charge in [-0.3, -0.25) is 0 Å². The van der Waals surface area contributed by atoms with Crippen molar-refractivity contribution < 1.29 is 4.74 Å². The molecule has 3 aromatic carbocycles. The molecule has 39 heavy (non-hydrogen) atoms. The monoisotopic (exact) mass is 618 g/mol. The fourth-order valence-electron chi connectivity index (χ4n) is 5.17. The Balaban J connectivity index is 1.68. The molecule has 0 fully saturated rings. The van der Waals surface area contributed by atoms with Gasteiger partial charge in [-0.25, -0.2) is 9.67 Å². The van der Waals surface area contributed by atoms with Gasteiger partial charge in [0.25, 0.3) is 0 Å². The number of aromatic nitrogens is 2. The fourth-order valence-corrected chi connectivity index (χ4v) is 6.08. The number of rotatable bonds is 6. The molecule has 0 aliphatic carbocycles. The smallest absolute Gasteiger partial charge is 0.164 e. The molecule has 196 valence electrons. The lowest BCUT2D eigenvalue weighted by Crippen LogP contribution is -2.36. The van der Waals surface area contributed by atoms with E-state index in [1.165, 1.54) is 5.56 Å². The SMILES string of the molecule is CCCc1ccc(-c2nn(-c3ccccc3)c3c2[C@@H](c2cc(Br)ccc2OC)N2C=C(Cl)C=C(Cl)C2=N3)cc1. The maximum atomic E-state index is 6.77. The van der Waals surface area contributed by atoms with Crippen molar-refractivity contribution in [3.8, 4) is 22.7 Å². The highest BCUT2D eigenvalue weighted by Crippen LogP contribution is 2.50. The van der Waals surface area contributed by atoms with Crippen LogP contribution in [0.2, 0.25) is 0 Å². The molecule has 5 nitrogen and oxygen atoms in total. The number of aryl methyl sites for hydroxylation is 1. The number of ether oxygens (including phenoxy) is 1. The third-order valence-electron chi connectivity index (χ3n) is 6.90. The number of allylic oxidation sites excluding steroid dienone is 2. The third kappa shape index (κ3) is 4.71. The highest BCUT2D eigenvalue weighted by atomic mass is 79.9. The largest absolute Gasteiger partial charge is 0.496 e. The minimum atomic E-state index is -0.362. The molecular formula is C31H25BrCl2N4O. The molecule has 0 bridgehead atoms. The van der Waals surface area contributed by atoms with E-state index in [9.17, 15) is 0 Å². The Kier molecular flexibility index (Phi) is 7.10. The van der Waals surface area contributed by atoms with Crippen LogP contribution < -0.4 is 4.74 Å². The van der Waals surface area contributed by atoms with E-state index in [0.717, 1.165) is 51.1 Å².